The van der Waals surface area contributed by atoms with E-state index in [4.69, 9.17) is 4.74 Å². The Morgan fingerprint density at radius 3 is 2.57 bits per heavy atom. The van der Waals surface area contributed by atoms with Crippen molar-refractivity contribution in [2.24, 2.45) is 5.41 Å². The summed E-state index contributed by atoms with van der Waals surface area (Å²) in [6.07, 6.45) is 0.00630. The molecule has 1 unspecified atom stereocenters. The first kappa shape index (κ1) is 19.5. The molecule has 7 nitrogen and oxygen atoms in total. The van der Waals surface area contributed by atoms with E-state index in [1.54, 1.807) is 6.92 Å². The Hall–Kier alpha value is -3.24. The van der Waals surface area contributed by atoms with Crippen molar-refractivity contribution < 1.29 is 14.5 Å². The van der Waals surface area contributed by atoms with Crippen molar-refractivity contribution in [1.82, 2.24) is 4.90 Å². The van der Waals surface area contributed by atoms with Crippen LogP contribution in [-0.4, -0.2) is 35.0 Å². The number of likely N-dealkylation sites (tertiary alicyclic amines) is 1. The normalized spacial score (nSPS) is 22.2. The average molecular weight is 379 g/mol. The summed E-state index contributed by atoms with van der Waals surface area (Å²) >= 11 is 0. The van der Waals surface area contributed by atoms with Gasteiger partial charge in [-0.05, 0) is 31.0 Å². The van der Waals surface area contributed by atoms with Gasteiger partial charge in [-0.15, -0.1) is 0 Å². The highest BCUT2D eigenvalue weighted by Gasteiger charge is 2.42. The highest BCUT2D eigenvalue weighted by molar-refractivity contribution is 5.89. The lowest BCUT2D eigenvalue weighted by Gasteiger charge is -2.41. The van der Waals surface area contributed by atoms with Crippen LogP contribution in [0.15, 0.2) is 54.6 Å². The van der Waals surface area contributed by atoms with E-state index in [1.807, 2.05) is 30.3 Å². The van der Waals surface area contributed by atoms with Crippen LogP contribution in [0.1, 0.15) is 29.3 Å². The highest BCUT2D eigenvalue weighted by Crippen LogP contribution is 2.34. The Bertz CT molecular complexity index is 892. The molecule has 1 saturated heterocycles. The van der Waals surface area contributed by atoms with Crippen LogP contribution in [-0.2, 0) is 11.3 Å². The quantitative estimate of drug-likeness (QED) is 0.448. The smallest absolute Gasteiger partial charge is 0.338 e. The molecular formula is C21H21N3O4. The number of piperidine rings is 1. The van der Waals surface area contributed by atoms with Gasteiger partial charge in [0.1, 0.15) is 6.10 Å². The van der Waals surface area contributed by atoms with Crippen LogP contribution in [0.5, 0.6) is 0 Å². The Morgan fingerprint density at radius 2 is 1.96 bits per heavy atom. The first-order valence-electron chi connectivity index (χ1n) is 9.04. The number of hydrogen-bond donors (Lipinski definition) is 0. The molecule has 1 aliphatic rings. The minimum atomic E-state index is -0.774. The van der Waals surface area contributed by atoms with Crippen LogP contribution in [0, 0.1) is 26.9 Å². The molecule has 144 valence electrons. The lowest BCUT2D eigenvalue weighted by Crippen LogP contribution is -2.50. The average Bonchev–Trinajstić information content (AvgIpc) is 2.71. The standard InChI is InChI=1S/C21H21N3O4/c1-21(15-22)11-12-23(13-16-5-3-2-4-6-16)14-19(21)28-20(25)17-7-9-18(10-8-17)24(26)27/h2-10,19H,11-14H2,1H3/t19-,21?/m1/s1. The summed E-state index contributed by atoms with van der Waals surface area (Å²) in [6.45, 7) is 3.72. The van der Waals surface area contributed by atoms with Crippen molar-refractivity contribution >= 4 is 11.7 Å². The summed E-state index contributed by atoms with van der Waals surface area (Å²) in [4.78, 5) is 24.9. The summed E-state index contributed by atoms with van der Waals surface area (Å²) in [5.41, 5.74) is 0.517. The van der Waals surface area contributed by atoms with Gasteiger partial charge in [-0.3, -0.25) is 15.0 Å². The predicted octanol–water partition coefficient (Wildman–Crippen LogP) is 3.56. The third kappa shape index (κ3) is 4.35. The summed E-state index contributed by atoms with van der Waals surface area (Å²) in [7, 11) is 0. The molecule has 0 saturated carbocycles. The molecule has 1 heterocycles. The maximum atomic E-state index is 12.5. The zero-order valence-corrected chi connectivity index (χ0v) is 15.6. The first-order chi connectivity index (χ1) is 13.4. The molecule has 0 amide bonds. The van der Waals surface area contributed by atoms with Gasteiger partial charge in [-0.2, -0.15) is 5.26 Å². The minimum Gasteiger partial charge on any atom is -0.456 e. The van der Waals surface area contributed by atoms with Crippen LogP contribution in [0.2, 0.25) is 0 Å². The van der Waals surface area contributed by atoms with Gasteiger partial charge in [-0.1, -0.05) is 30.3 Å². The number of nitro groups is 1. The summed E-state index contributed by atoms with van der Waals surface area (Å²) in [5, 5.41) is 20.4. The second-order valence-corrected chi connectivity index (χ2v) is 7.20. The fourth-order valence-electron chi connectivity index (χ4n) is 3.28. The number of nitriles is 1. The Labute approximate surface area is 163 Å². The van der Waals surface area contributed by atoms with Gasteiger partial charge in [-0.25, -0.2) is 4.79 Å². The zero-order chi connectivity index (χ0) is 20.1. The van der Waals surface area contributed by atoms with E-state index in [2.05, 4.69) is 11.0 Å². The van der Waals surface area contributed by atoms with E-state index in [0.717, 1.165) is 12.1 Å². The van der Waals surface area contributed by atoms with Crippen LogP contribution < -0.4 is 0 Å². The van der Waals surface area contributed by atoms with Gasteiger partial charge in [0.15, 0.2) is 0 Å². The number of hydrogen-bond acceptors (Lipinski definition) is 6. The molecule has 2 atom stereocenters. The number of ether oxygens (including phenoxy) is 1. The molecule has 1 fully saturated rings. The van der Waals surface area contributed by atoms with Crippen molar-refractivity contribution in [3.8, 4) is 6.07 Å². The van der Waals surface area contributed by atoms with Crippen LogP contribution in [0.25, 0.3) is 0 Å². The fourth-order valence-corrected chi connectivity index (χ4v) is 3.28. The second-order valence-electron chi connectivity index (χ2n) is 7.20. The number of nitro benzene ring substituents is 1. The molecule has 28 heavy (non-hydrogen) atoms. The van der Waals surface area contributed by atoms with Crippen molar-refractivity contribution in [2.75, 3.05) is 13.1 Å². The number of benzene rings is 2. The molecule has 1 aliphatic heterocycles. The maximum Gasteiger partial charge on any atom is 0.338 e. The summed E-state index contributed by atoms with van der Waals surface area (Å²) in [6, 6.07) is 17.6. The lowest BCUT2D eigenvalue weighted by atomic mass is 9.79. The van der Waals surface area contributed by atoms with Gasteiger partial charge in [0, 0.05) is 31.8 Å². The molecule has 2 aromatic rings. The maximum absolute atomic E-state index is 12.5. The molecule has 0 aromatic heterocycles. The predicted molar refractivity (Wildman–Crippen MR) is 102 cm³/mol. The van der Waals surface area contributed by atoms with E-state index in [9.17, 15) is 20.2 Å². The summed E-state index contributed by atoms with van der Waals surface area (Å²) in [5.74, 6) is -0.581. The number of non-ortho nitro benzene ring substituents is 1. The van der Waals surface area contributed by atoms with Crippen LogP contribution >= 0.6 is 0 Å². The van der Waals surface area contributed by atoms with Crippen LogP contribution in [0.4, 0.5) is 5.69 Å². The van der Waals surface area contributed by atoms with E-state index in [1.165, 1.54) is 24.3 Å². The van der Waals surface area contributed by atoms with E-state index in [0.29, 0.717) is 19.5 Å². The molecular weight excluding hydrogens is 358 g/mol. The first-order valence-corrected chi connectivity index (χ1v) is 9.04. The Balaban J connectivity index is 1.71. The van der Waals surface area contributed by atoms with Crippen molar-refractivity contribution in [2.45, 2.75) is 26.0 Å². The number of rotatable bonds is 5. The molecule has 0 aliphatic carbocycles. The Morgan fingerprint density at radius 1 is 1.29 bits per heavy atom. The number of carbonyl (C=O) groups excluding carboxylic acids is 1. The van der Waals surface area contributed by atoms with Gasteiger partial charge < -0.3 is 4.74 Å². The molecule has 0 N–H and O–H groups in total. The number of esters is 1. The van der Waals surface area contributed by atoms with Crippen molar-refractivity contribution in [1.29, 1.82) is 5.26 Å². The topological polar surface area (TPSA) is 96.5 Å². The van der Waals surface area contributed by atoms with E-state index in [-0.39, 0.29) is 11.3 Å². The van der Waals surface area contributed by atoms with Crippen molar-refractivity contribution in [3.05, 3.63) is 75.8 Å². The molecule has 0 bridgehead atoms. The minimum absolute atomic E-state index is 0.0925. The Kier molecular flexibility index (Phi) is 5.71. The van der Waals surface area contributed by atoms with Crippen LogP contribution in [0.3, 0.4) is 0 Å². The third-order valence-corrected chi connectivity index (χ3v) is 5.15. The van der Waals surface area contributed by atoms with E-state index >= 15 is 0 Å². The monoisotopic (exact) mass is 379 g/mol. The number of carbonyl (C=O) groups is 1. The number of nitrogens with zero attached hydrogens (tertiary/aromatic N) is 3. The fraction of sp³-hybridized carbons (Fsp3) is 0.333. The largest absolute Gasteiger partial charge is 0.456 e. The third-order valence-electron chi connectivity index (χ3n) is 5.15. The van der Waals surface area contributed by atoms with E-state index < -0.39 is 22.4 Å². The highest BCUT2D eigenvalue weighted by atomic mass is 16.6. The second kappa shape index (κ2) is 8.19. The summed E-state index contributed by atoms with van der Waals surface area (Å²) < 4.78 is 5.68. The SMILES string of the molecule is CC1(C#N)CCN(Cc2ccccc2)C[C@H]1OC(=O)c1ccc([N+](=O)[O-])cc1. The molecule has 3 rings (SSSR count). The molecule has 0 radical (unpaired) electrons. The van der Waals surface area contributed by atoms with Gasteiger partial charge in [0.05, 0.1) is 22.0 Å². The zero-order valence-electron chi connectivity index (χ0n) is 15.6. The molecule has 0 spiro atoms. The molecule has 7 heteroatoms. The lowest BCUT2D eigenvalue weighted by molar-refractivity contribution is -0.384. The van der Waals surface area contributed by atoms with Crippen molar-refractivity contribution in [3.63, 3.8) is 0 Å². The van der Waals surface area contributed by atoms with Gasteiger partial charge in [0.2, 0.25) is 0 Å². The van der Waals surface area contributed by atoms with Gasteiger partial charge in [0.25, 0.3) is 5.69 Å². The molecule has 2 aromatic carbocycles. The van der Waals surface area contributed by atoms with Gasteiger partial charge >= 0.3 is 5.97 Å².